The number of nitrogens with zero attached hydrogens (tertiary/aromatic N) is 3. The van der Waals surface area contributed by atoms with Crippen LogP contribution in [0.1, 0.15) is 12.5 Å². The summed E-state index contributed by atoms with van der Waals surface area (Å²) in [5.74, 6) is 1.000. The van der Waals surface area contributed by atoms with Gasteiger partial charge in [-0.1, -0.05) is 6.07 Å². The lowest BCUT2D eigenvalue weighted by Crippen LogP contribution is -2.48. The number of likely N-dealkylation sites (N-methyl/N-ethyl adjacent to an activating group) is 1. The number of methoxy groups -OCH3 is 1. The normalized spacial score (nSPS) is 20.1. The molecule has 0 saturated carbocycles. The maximum absolute atomic E-state index is 5.09. The Morgan fingerprint density at radius 1 is 1.50 bits per heavy atom. The molecule has 1 aromatic heterocycles. The summed E-state index contributed by atoms with van der Waals surface area (Å²) < 4.78 is 5.09. The fourth-order valence-electron chi connectivity index (χ4n) is 2.49. The maximum Gasteiger partial charge on any atom is 0.128 e. The molecule has 0 aromatic carbocycles. The van der Waals surface area contributed by atoms with Crippen LogP contribution in [0.25, 0.3) is 0 Å². The number of ether oxygens (including phenoxy) is 1. The molecule has 0 amide bonds. The summed E-state index contributed by atoms with van der Waals surface area (Å²) in [4.78, 5) is 9.13. The van der Waals surface area contributed by atoms with Gasteiger partial charge in [0.05, 0.1) is 6.61 Å². The predicted molar refractivity (Wildman–Crippen MR) is 82.1 cm³/mol. The van der Waals surface area contributed by atoms with Gasteiger partial charge in [-0.05, 0) is 18.6 Å². The predicted octanol–water partition coefficient (Wildman–Crippen LogP) is 0.958. The second-order valence-corrected chi connectivity index (χ2v) is 5.53. The molecule has 1 aliphatic rings. The van der Waals surface area contributed by atoms with Crippen LogP contribution in [0.2, 0.25) is 0 Å². The Morgan fingerprint density at radius 3 is 3.00 bits per heavy atom. The first-order chi connectivity index (χ1) is 9.69. The van der Waals surface area contributed by atoms with Crippen molar-refractivity contribution in [1.29, 1.82) is 0 Å². The molecule has 2 heterocycles. The number of pyridine rings is 1. The van der Waals surface area contributed by atoms with Crippen LogP contribution in [0, 0.1) is 0 Å². The summed E-state index contributed by atoms with van der Waals surface area (Å²) in [6.07, 6.45) is 1.99. The van der Waals surface area contributed by atoms with Crippen molar-refractivity contribution in [2.24, 2.45) is 0 Å². The minimum atomic E-state index is 0.580. The number of nitrogens with one attached hydrogen (secondary N) is 1. The zero-order valence-corrected chi connectivity index (χ0v) is 12.8. The minimum absolute atomic E-state index is 0.580. The van der Waals surface area contributed by atoms with E-state index in [1.165, 1.54) is 5.56 Å². The lowest BCUT2D eigenvalue weighted by molar-refractivity contribution is 0.199. The Balaban J connectivity index is 1.87. The van der Waals surface area contributed by atoms with Crippen LogP contribution >= 0.6 is 0 Å². The molecule has 1 fully saturated rings. The van der Waals surface area contributed by atoms with Crippen LogP contribution in [0.4, 0.5) is 5.82 Å². The average molecular weight is 278 g/mol. The van der Waals surface area contributed by atoms with E-state index in [0.717, 1.165) is 45.1 Å². The molecule has 0 aliphatic carbocycles. The van der Waals surface area contributed by atoms with Gasteiger partial charge >= 0.3 is 0 Å². The quantitative estimate of drug-likeness (QED) is 0.839. The highest BCUT2D eigenvalue weighted by Crippen LogP contribution is 2.12. The van der Waals surface area contributed by atoms with E-state index in [2.05, 4.69) is 39.2 Å². The molecule has 112 valence electrons. The molecule has 5 nitrogen and oxygen atoms in total. The SMILES string of the molecule is COCCN(C)c1ccc(CN2CCN[C@@H](C)C2)cn1. The van der Waals surface area contributed by atoms with Crippen LogP contribution in [0.3, 0.4) is 0 Å². The molecule has 20 heavy (non-hydrogen) atoms. The molecule has 0 spiro atoms. The van der Waals surface area contributed by atoms with Crippen molar-refractivity contribution < 1.29 is 4.74 Å². The van der Waals surface area contributed by atoms with Gasteiger partial charge in [-0.25, -0.2) is 4.98 Å². The van der Waals surface area contributed by atoms with Gasteiger partial charge in [-0.15, -0.1) is 0 Å². The molecule has 1 aliphatic heterocycles. The highest BCUT2D eigenvalue weighted by Gasteiger charge is 2.15. The van der Waals surface area contributed by atoms with Crippen molar-refractivity contribution in [3.05, 3.63) is 23.9 Å². The Labute approximate surface area is 121 Å². The van der Waals surface area contributed by atoms with Crippen LogP contribution in [0.15, 0.2) is 18.3 Å². The van der Waals surface area contributed by atoms with Gasteiger partial charge in [0.15, 0.2) is 0 Å². The summed E-state index contributed by atoms with van der Waals surface area (Å²) in [5, 5.41) is 3.47. The zero-order valence-electron chi connectivity index (χ0n) is 12.8. The van der Waals surface area contributed by atoms with E-state index >= 15 is 0 Å². The van der Waals surface area contributed by atoms with Crippen molar-refractivity contribution in [2.75, 3.05) is 51.8 Å². The van der Waals surface area contributed by atoms with E-state index in [1.54, 1.807) is 7.11 Å². The van der Waals surface area contributed by atoms with Crippen molar-refractivity contribution in [2.45, 2.75) is 19.5 Å². The van der Waals surface area contributed by atoms with Crippen LogP contribution in [-0.2, 0) is 11.3 Å². The third kappa shape index (κ3) is 4.44. The average Bonchev–Trinajstić information content (AvgIpc) is 2.45. The summed E-state index contributed by atoms with van der Waals surface area (Å²) in [7, 11) is 3.76. The van der Waals surface area contributed by atoms with E-state index in [9.17, 15) is 0 Å². The van der Waals surface area contributed by atoms with Gasteiger partial charge in [0, 0.05) is 59.1 Å². The molecule has 2 rings (SSSR count). The van der Waals surface area contributed by atoms with Gasteiger partial charge < -0.3 is 15.0 Å². The second kappa shape index (κ2) is 7.57. The van der Waals surface area contributed by atoms with Gasteiger partial charge in [-0.3, -0.25) is 4.90 Å². The molecular weight excluding hydrogens is 252 g/mol. The fraction of sp³-hybridized carbons (Fsp3) is 0.667. The highest BCUT2D eigenvalue weighted by atomic mass is 16.5. The Bertz CT molecular complexity index is 395. The molecule has 1 aromatic rings. The van der Waals surface area contributed by atoms with Crippen LogP contribution in [0.5, 0.6) is 0 Å². The van der Waals surface area contributed by atoms with Gasteiger partial charge in [0.25, 0.3) is 0 Å². The first-order valence-corrected chi connectivity index (χ1v) is 7.30. The standard InChI is InChI=1S/C15H26N4O/c1-13-11-19(7-6-16-13)12-14-4-5-15(17-10-14)18(2)8-9-20-3/h4-5,10,13,16H,6-9,11-12H2,1-3H3/t13-/m0/s1. The number of hydrogen-bond donors (Lipinski definition) is 1. The van der Waals surface area contributed by atoms with E-state index in [-0.39, 0.29) is 0 Å². The highest BCUT2D eigenvalue weighted by molar-refractivity contribution is 5.38. The number of rotatable bonds is 6. The summed E-state index contributed by atoms with van der Waals surface area (Å²) >= 11 is 0. The molecule has 1 saturated heterocycles. The summed E-state index contributed by atoms with van der Waals surface area (Å²) in [6, 6.07) is 4.85. The van der Waals surface area contributed by atoms with Gasteiger partial charge in [0.2, 0.25) is 0 Å². The molecule has 1 N–H and O–H groups in total. The Hall–Kier alpha value is -1.17. The van der Waals surface area contributed by atoms with E-state index in [1.807, 2.05) is 13.2 Å². The molecule has 5 heteroatoms. The van der Waals surface area contributed by atoms with Gasteiger partial charge in [0.1, 0.15) is 5.82 Å². The third-order valence-electron chi connectivity index (χ3n) is 3.69. The van der Waals surface area contributed by atoms with Crippen molar-refractivity contribution in [1.82, 2.24) is 15.2 Å². The lowest BCUT2D eigenvalue weighted by Gasteiger charge is -2.31. The summed E-state index contributed by atoms with van der Waals surface area (Å²) in [5.41, 5.74) is 1.28. The Morgan fingerprint density at radius 2 is 2.35 bits per heavy atom. The van der Waals surface area contributed by atoms with Crippen LogP contribution < -0.4 is 10.2 Å². The molecular formula is C15H26N4O. The number of anilines is 1. The second-order valence-electron chi connectivity index (χ2n) is 5.53. The first-order valence-electron chi connectivity index (χ1n) is 7.30. The molecule has 0 radical (unpaired) electrons. The lowest BCUT2D eigenvalue weighted by atomic mass is 10.2. The maximum atomic E-state index is 5.09. The fourth-order valence-corrected chi connectivity index (χ4v) is 2.49. The van der Waals surface area contributed by atoms with Crippen molar-refractivity contribution >= 4 is 5.82 Å². The van der Waals surface area contributed by atoms with E-state index in [0.29, 0.717) is 6.04 Å². The largest absolute Gasteiger partial charge is 0.383 e. The molecule has 1 atom stereocenters. The number of piperazine rings is 1. The van der Waals surface area contributed by atoms with E-state index in [4.69, 9.17) is 4.74 Å². The van der Waals surface area contributed by atoms with Crippen molar-refractivity contribution in [3.63, 3.8) is 0 Å². The number of aromatic nitrogens is 1. The smallest absolute Gasteiger partial charge is 0.128 e. The zero-order chi connectivity index (χ0) is 14.4. The van der Waals surface area contributed by atoms with Crippen LogP contribution in [-0.4, -0.2) is 62.9 Å². The monoisotopic (exact) mass is 278 g/mol. The number of hydrogen-bond acceptors (Lipinski definition) is 5. The van der Waals surface area contributed by atoms with Gasteiger partial charge in [-0.2, -0.15) is 0 Å². The topological polar surface area (TPSA) is 40.6 Å². The first kappa shape index (κ1) is 15.2. The summed E-state index contributed by atoms with van der Waals surface area (Å²) in [6.45, 7) is 8.10. The molecule has 0 bridgehead atoms. The third-order valence-corrected chi connectivity index (χ3v) is 3.69. The Kier molecular flexibility index (Phi) is 5.76. The minimum Gasteiger partial charge on any atom is -0.383 e. The molecule has 0 unspecified atom stereocenters. The van der Waals surface area contributed by atoms with Crippen molar-refractivity contribution in [3.8, 4) is 0 Å². The van der Waals surface area contributed by atoms with E-state index < -0.39 is 0 Å².